The maximum atomic E-state index is 11.9. The molecular weight excluding hydrogens is 258 g/mol. The number of carbonyl (C=O) groups excluding carboxylic acids is 1. The number of hydrogen-bond acceptors (Lipinski definition) is 3. The van der Waals surface area contributed by atoms with E-state index in [-0.39, 0.29) is 12.0 Å². The summed E-state index contributed by atoms with van der Waals surface area (Å²) in [7, 11) is 0. The highest BCUT2D eigenvalue weighted by molar-refractivity contribution is 5.87. The summed E-state index contributed by atoms with van der Waals surface area (Å²) >= 11 is 0. The van der Waals surface area contributed by atoms with Gasteiger partial charge in [0.2, 0.25) is 5.91 Å². The molecule has 1 aliphatic rings. The first-order valence-electron chi connectivity index (χ1n) is 7.62. The second-order valence-electron chi connectivity index (χ2n) is 5.87. The molecule has 0 aromatic rings. The third-order valence-electron chi connectivity index (χ3n) is 3.74. The molecule has 1 rings (SSSR count). The van der Waals surface area contributed by atoms with E-state index >= 15 is 0 Å². The summed E-state index contributed by atoms with van der Waals surface area (Å²) in [5.41, 5.74) is -1.05. The Labute approximate surface area is 121 Å². The number of ether oxygens (including phenoxy) is 1. The van der Waals surface area contributed by atoms with Gasteiger partial charge in [0.05, 0.1) is 6.10 Å². The molecule has 0 aliphatic heterocycles. The summed E-state index contributed by atoms with van der Waals surface area (Å²) in [6.07, 6.45) is 6.01. The Balaban J connectivity index is 2.44. The highest BCUT2D eigenvalue weighted by atomic mass is 16.5. The highest BCUT2D eigenvalue weighted by Gasteiger charge is 2.39. The van der Waals surface area contributed by atoms with Crippen molar-refractivity contribution in [3.63, 3.8) is 0 Å². The fraction of sp³-hybridized carbons (Fsp3) is 0.867. The van der Waals surface area contributed by atoms with Crippen molar-refractivity contribution in [1.29, 1.82) is 0 Å². The molecule has 116 valence electrons. The summed E-state index contributed by atoms with van der Waals surface area (Å²) in [6, 6.07) is 0. The van der Waals surface area contributed by atoms with Gasteiger partial charge in [-0.15, -0.1) is 0 Å². The average molecular weight is 285 g/mol. The third kappa shape index (κ3) is 5.49. The number of nitrogens with one attached hydrogen (secondary N) is 1. The fourth-order valence-corrected chi connectivity index (χ4v) is 2.61. The van der Waals surface area contributed by atoms with Crippen molar-refractivity contribution in [2.24, 2.45) is 0 Å². The van der Waals surface area contributed by atoms with Gasteiger partial charge in [-0.2, -0.15) is 0 Å². The van der Waals surface area contributed by atoms with E-state index < -0.39 is 11.5 Å². The molecule has 1 amide bonds. The van der Waals surface area contributed by atoms with Crippen LogP contribution in [0.3, 0.4) is 0 Å². The van der Waals surface area contributed by atoms with Crippen LogP contribution < -0.4 is 5.32 Å². The van der Waals surface area contributed by atoms with Gasteiger partial charge in [0, 0.05) is 13.0 Å². The van der Waals surface area contributed by atoms with E-state index in [1.165, 1.54) is 0 Å². The number of carbonyl (C=O) groups is 2. The Morgan fingerprint density at radius 3 is 2.30 bits per heavy atom. The van der Waals surface area contributed by atoms with Gasteiger partial charge >= 0.3 is 5.97 Å². The number of rotatable bonds is 7. The summed E-state index contributed by atoms with van der Waals surface area (Å²) in [6.45, 7) is 4.43. The molecular formula is C15H27NO4. The minimum atomic E-state index is -1.05. The predicted octanol–water partition coefficient (Wildman–Crippen LogP) is 2.49. The second kappa shape index (κ2) is 8.25. The minimum absolute atomic E-state index is 0.158. The number of amides is 1. The number of carboxylic acid groups (broad SMARTS) is 1. The van der Waals surface area contributed by atoms with Crippen LogP contribution in [0.25, 0.3) is 0 Å². The first-order valence-corrected chi connectivity index (χ1v) is 7.62. The molecule has 0 atom stereocenters. The van der Waals surface area contributed by atoms with Crippen LogP contribution in [0.2, 0.25) is 0 Å². The Kier molecular flexibility index (Phi) is 6.99. The fourth-order valence-electron chi connectivity index (χ4n) is 2.61. The van der Waals surface area contributed by atoms with E-state index in [0.717, 1.165) is 25.7 Å². The lowest BCUT2D eigenvalue weighted by Gasteiger charge is -2.29. The zero-order valence-corrected chi connectivity index (χ0v) is 12.6. The molecule has 0 radical (unpaired) electrons. The molecule has 1 aliphatic carbocycles. The van der Waals surface area contributed by atoms with Crippen molar-refractivity contribution in [3.8, 4) is 0 Å². The second-order valence-corrected chi connectivity index (χ2v) is 5.87. The summed E-state index contributed by atoms with van der Waals surface area (Å²) < 4.78 is 5.38. The van der Waals surface area contributed by atoms with Crippen LogP contribution in [0.1, 0.15) is 65.2 Å². The lowest BCUT2D eigenvalue weighted by atomic mass is 9.90. The number of aliphatic carboxylic acids is 1. The maximum Gasteiger partial charge on any atom is 0.329 e. The van der Waals surface area contributed by atoms with Gasteiger partial charge in [0.25, 0.3) is 0 Å². The molecule has 0 saturated heterocycles. The molecule has 5 nitrogen and oxygen atoms in total. The van der Waals surface area contributed by atoms with Crippen LogP contribution in [0, 0.1) is 0 Å². The van der Waals surface area contributed by atoms with Crippen molar-refractivity contribution >= 4 is 11.9 Å². The number of carboxylic acids is 1. The molecule has 0 aromatic heterocycles. The van der Waals surface area contributed by atoms with Crippen LogP contribution in [0.5, 0.6) is 0 Å². The van der Waals surface area contributed by atoms with Crippen molar-refractivity contribution in [3.05, 3.63) is 0 Å². The summed E-state index contributed by atoms with van der Waals surface area (Å²) in [5, 5.41) is 12.2. The van der Waals surface area contributed by atoms with Crippen LogP contribution in [-0.2, 0) is 14.3 Å². The summed E-state index contributed by atoms with van der Waals surface area (Å²) in [4.78, 5) is 23.5. The molecule has 0 bridgehead atoms. The van der Waals surface area contributed by atoms with Gasteiger partial charge in [-0.3, -0.25) is 4.79 Å². The molecule has 1 saturated carbocycles. The lowest BCUT2D eigenvalue weighted by molar-refractivity contribution is -0.148. The molecule has 5 heteroatoms. The van der Waals surface area contributed by atoms with E-state index in [0.29, 0.717) is 32.3 Å². The van der Waals surface area contributed by atoms with Crippen LogP contribution in [0.15, 0.2) is 0 Å². The predicted molar refractivity (Wildman–Crippen MR) is 76.5 cm³/mol. The van der Waals surface area contributed by atoms with Crippen molar-refractivity contribution in [1.82, 2.24) is 5.32 Å². The highest BCUT2D eigenvalue weighted by Crippen LogP contribution is 2.27. The van der Waals surface area contributed by atoms with E-state index in [1.54, 1.807) is 0 Å². The van der Waals surface area contributed by atoms with Crippen LogP contribution in [0.4, 0.5) is 0 Å². The zero-order chi connectivity index (χ0) is 15.0. The average Bonchev–Trinajstić information content (AvgIpc) is 2.61. The van der Waals surface area contributed by atoms with Crippen molar-refractivity contribution in [2.45, 2.75) is 76.9 Å². The molecule has 0 heterocycles. The van der Waals surface area contributed by atoms with Crippen LogP contribution in [-0.4, -0.2) is 35.2 Å². The van der Waals surface area contributed by atoms with Gasteiger partial charge in [-0.05, 0) is 33.1 Å². The van der Waals surface area contributed by atoms with Gasteiger partial charge in [0.1, 0.15) is 5.54 Å². The third-order valence-corrected chi connectivity index (χ3v) is 3.74. The monoisotopic (exact) mass is 285 g/mol. The molecule has 0 aromatic carbocycles. The van der Waals surface area contributed by atoms with Gasteiger partial charge in [0.15, 0.2) is 0 Å². The molecule has 0 unspecified atom stereocenters. The normalized spacial score (nSPS) is 18.6. The van der Waals surface area contributed by atoms with E-state index in [4.69, 9.17) is 4.74 Å². The molecule has 20 heavy (non-hydrogen) atoms. The molecule has 0 spiro atoms. The topological polar surface area (TPSA) is 75.6 Å². The summed E-state index contributed by atoms with van der Waals surface area (Å²) in [5.74, 6) is -1.08. The van der Waals surface area contributed by atoms with Crippen molar-refractivity contribution in [2.75, 3.05) is 6.61 Å². The first kappa shape index (κ1) is 17.0. The largest absolute Gasteiger partial charge is 0.480 e. The van der Waals surface area contributed by atoms with E-state index in [1.807, 2.05) is 13.8 Å². The first-order chi connectivity index (χ1) is 9.46. The number of hydrogen-bond donors (Lipinski definition) is 2. The molecule has 1 fully saturated rings. The van der Waals surface area contributed by atoms with E-state index in [9.17, 15) is 14.7 Å². The van der Waals surface area contributed by atoms with Gasteiger partial charge in [-0.1, -0.05) is 25.7 Å². The minimum Gasteiger partial charge on any atom is -0.480 e. The quantitative estimate of drug-likeness (QED) is 0.556. The lowest BCUT2D eigenvalue weighted by Crippen LogP contribution is -2.54. The Morgan fingerprint density at radius 2 is 1.80 bits per heavy atom. The van der Waals surface area contributed by atoms with E-state index in [2.05, 4.69) is 5.32 Å². The Morgan fingerprint density at radius 1 is 1.20 bits per heavy atom. The standard InChI is InChI=1S/C15H27NO4/c1-12(2)20-11-7-8-13(17)16-15(14(18)19)9-5-3-4-6-10-15/h12H,3-11H2,1-2H3,(H,16,17)(H,18,19). The molecule has 2 N–H and O–H groups in total. The zero-order valence-electron chi connectivity index (χ0n) is 12.6. The SMILES string of the molecule is CC(C)OCCCC(=O)NC1(C(=O)O)CCCCCC1. The smallest absolute Gasteiger partial charge is 0.329 e. The Bertz CT molecular complexity index is 320. The van der Waals surface area contributed by atoms with Crippen molar-refractivity contribution < 1.29 is 19.4 Å². The van der Waals surface area contributed by atoms with Gasteiger partial charge < -0.3 is 15.2 Å². The Hall–Kier alpha value is -1.10. The van der Waals surface area contributed by atoms with Crippen LogP contribution >= 0.6 is 0 Å². The van der Waals surface area contributed by atoms with Gasteiger partial charge in [-0.25, -0.2) is 4.79 Å². The maximum absolute atomic E-state index is 11.9.